The van der Waals surface area contributed by atoms with Gasteiger partial charge in [0.1, 0.15) is 0 Å². The first-order chi connectivity index (χ1) is 4.29. The summed E-state index contributed by atoms with van der Waals surface area (Å²) < 4.78 is 0.516. The molecule has 1 aliphatic rings. The van der Waals surface area contributed by atoms with E-state index in [-0.39, 0.29) is 51.4 Å². The van der Waals surface area contributed by atoms with E-state index in [1.165, 1.54) is 12.2 Å². The van der Waals surface area contributed by atoms with Crippen LogP contribution >= 0.6 is 24.0 Å². The van der Waals surface area contributed by atoms with E-state index < -0.39 is 0 Å². The molecule has 0 saturated carbocycles. The molecule has 1 heterocycles. The largest absolute Gasteiger partial charge is 1.00 e. The quantitative estimate of drug-likeness (QED) is 0.307. The third kappa shape index (κ3) is 4.87. The minimum Gasteiger partial charge on any atom is -0.412 e. The molecule has 0 radical (unpaired) electrons. The topological polar surface area (TPSA) is 12.0 Å². The van der Waals surface area contributed by atoms with Crippen LogP contribution in [0.15, 0.2) is 0 Å². The van der Waals surface area contributed by atoms with E-state index in [1.54, 1.807) is 0 Å². The normalized spacial score (nSPS) is 23.4. The van der Waals surface area contributed by atoms with Crippen molar-refractivity contribution in [2.24, 2.45) is 0 Å². The Labute approximate surface area is 119 Å². The summed E-state index contributed by atoms with van der Waals surface area (Å²) in [5.74, 6) is 2.41. The Kier molecular flexibility index (Phi) is 7.98. The zero-order valence-corrected chi connectivity index (χ0v) is 11.5. The van der Waals surface area contributed by atoms with Crippen LogP contribution in [-0.4, -0.2) is 21.9 Å². The van der Waals surface area contributed by atoms with E-state index in [0.717, 1.165) is 5.75 Å². The number of rotatable bonds is 1. The van der Waals surface area contributed by atoms with Crippen LogP contribution in [0.25, 0.3) is 0 Å². The van der Waals surface area contributed by atoms with Crippen molar-refractivity contribution in [1.82, 2.24) is 5.32 Å². The number of thiocarbonyl (C=S) groups is 1. The van der Waals surface area contributed by atoms with Crippen LogP contribution in [0.3, 0.4) is 0 Å². The summed E-state index contributed by atoms with van der Waals surface area (Å²) in [7, 11) is 0. The second kappa shape index (κ2) is 6.59. The standard InChI is InChI=1S/C5H9NS3.K/c7-5(8)6-4-1-2-9-3-4;/h4H,1-3H2,(H2,6,7,8);/q;+1/p-1. The molecule has 0 bridgehead atoms. The van der Waals surface area contributed by atoms with Crippen molar-refractivity contribution in [2.45, 2.75) is 12.5 Å². The molecule has 1 nitrogen and oxygen atoms in total. The molecule has 0 spiro atoms. The van der Waals surface area contributed by atoms with Gasteiger partial charge in [-0.3, -0.25) is 0 Å². The van der Waals surface area contributed by atoms with Gasteiger partial charge in [0.05, 0.1) is 0 Å². The molecule has 1 unspecified atom stereocenters. The molecule has 5 heteroatoms. The van der Waals surface area contributed by atoms with Gasteiger partial charge in [-0.15, -0.1) is 0 Å². The molecule has 1 atom stereocenters. The monoisotopic (exact) mass is 217 g/mol. The summed E-state index contributed by atoms with van der Waals surface area (Å²) in [6, 6.07) is 0.556. The maximum absolute atomic E-state index is 4.73. The number of hydrogen-bond donors (Lipinski definition) is 1. The Morgan fingerprint density at radius 3 is 2.80 bits per heavy atom. The molecule has 52 valence electrons. The maximum atomic E-state index is 4.73. The average molecular weight is 217 g/mol. The Hall–Kier alpha value is 2.10. The van der Waals surface area contributed by atoms with Crippen molar-refractivity contribution in [3.05, 3.63) is 0 Å². The first-order valence-corrected chi connectivity index (χ1v) is 4.81. The zero-order valence-electron chi connectivity index (χ0n) is 5.92. The van der Waals surface area contributed by atoms with Crippen LogP contribution in [0.4, 0.5) is 0 Å². The zero-order chi connectivity index (χ0) is 6.69. The maximum Gasteiger partial charge on any atom is 1.00 e. The van der Waals surface area contributed by atoms with E-state index >= 15 is 0 Å². The predicted molar refractivity (Wildman–Crippen MR) is 48.8 cm³/mol. The van der Waals surface area contributed by atoms with Crippen LogP contribution in [0, 0.1) is 0 Å². The fraction of sp³-hybridized carbons (Fsp3) is 0.800. The van der Waals surface area contributed by atoms with Crippen molar-refractivity contribution in [1.29, 1.82) is 0 Å². The summed E-state index contributed by atoms with van der Waals surface area (Å²) in [6.45, 7) is 0. The number of thioether (sulfide) groups is 1. The Balaban J connectivity index is 0.000000810. The molecule has 1 fully saturated rings. The minimum absolute atomic E-state index is 0. The SMILES string of the molecule is S=C([S-])NC1CCSC1.[K+]. The third-order valence-electron chi connectivity index (χ3n) is 1.25. The van der Waals surface area contributed by atoms with Gasteiger partial charge in [0.2, 0.25) is 0 Å². The Morgan fingerprint density at radius 1 is 1.70 bits per heavy atom. The average Bonchev–Trinajstić information content (AvgIpc) is 2.15. The fourth-order valence-corrected chi connectivity index (χ4v) is 2.30. The summed E-state index contributed by atoms with van der Waals surface area (Å²) >= 11 is 11.4. The van der Waals surface area contributed by atoms with Gasteiger partial charge < -0.3 is 30.2 Å². The van der Waals surface area contributed by atoms with Crippen molar-refractivity contribution >= 4 is 40.9 Å². The molecule has 0 aromatic heterocycles. The van der Waals surface area contributed by atoms with E-state index in [0.29, 0.717) is 10.4 Å². The molecule has 10 heavy (non-hydrogen) atoms. The van der Waals surface area contributed by atoms with Crippen LogP contribution in [0.1, 0.15) is 6.42 Å². The van der Waals surface area contributed by atoms with Crippen LogP contribution < -0.4 is 56.7 Å². The van der Waals surface area contributed by atoms with Crippen LogP contribution in [0.5, 0.6) is 0 Å². The summed E-state index contributed by atoms with van der Waals surface area (Å²) in [5, 5.41) is 3.07. The molecule has 1 aliphatic heterocycles. The van der Waals surface area contributed by atoms with Gasteiger partial charge in [-0.05, 0) is 12.2 Å². The molecular formula is C5H8KNS3. The summed E-state index contributed by atoms with van der Waals surface area (Å²) in [5.41, 5.74) is 0. The van der Waals surface area contributed by atoms with Gasteiger partial charge in [-0.2, -0.15) is 11.8 Å². The fourth-order valence-electron chi connectivity index (χ4n) is 0.815. The van der Waals surface area contributed by atoms with E-state index in [1.807, 2.05) is 11.8 Å². The number of nitrogens with one attached hydrogen (secondary N) is 1. The van der Waals surface area contributed by atoms with Crippen LogP contribution in [0.2, 0.25) is 0 Å². The summed E-state index contributed by atoms with van der Waals surface area (Å²) in [4.78, 5) is 0. The smallest absolute Gasteiger partial charge is 0.412 e. The number of hydrogen-bond acceptors (Lipinski definition) is 3. The van der Waals surface area contributed by atoms with Gasteiger partial charge in [0.15, 0.2) is 0 Å². The van der Waals surface area contributed by atoms with E-state index in [9.17, 15) is 0 Å². The molecule has 0 amide bonds. The third-order valence-corrected chi connectivity index (χ3v) is 2.65. The summed E-state index contributed by atoms with van der Waals surface area (Å²) in [6.07, 6.45) is 1.21. The van der Waals surface area contributed by atoms with Crippen LogP contribution in [-0.2, 0) is 12.6 Å². The first kappa shape index (κ1) is 12.1. The molecule has 1 N–H and O–H groups in total. The van der Waals surface area contributed by atoms with Crippen molar-refractivity contribution < 1.29 is 51.4 Å². The van der Waals surface area contributed by atoms with Gasteiger partial charge in [0, 0.05) is 11.8 Å². The molecular weight excluding hydrogens is 209 g/mol. The van der Waals surface area contributed by atoms with Crippen molar-refractivity contribution in [2.75, 3.05) is 11.5 Å². The van der Waals surface area contributed by atoms with Gasteiger partial charge >= 0.3 is 51.4 Å². The minimum atomic E-state index is 0. The van der Waals surface area contributed by atoms with Gasteiger partial charge in [0.25, 0.3) is 0 Å². The first-order valence-electron chi connectivity index (χ1n) is 2.84. The van der Waals surface area contributed by atoms with Crippen molar-refractivity contribution in [3.63, 3.8) is 0 Å². The molecule has 0 aromatic carbocycles. The Morgan fingerprint density at radius 2 is 2.40 bits per heavy atom. The predicted octanol–water partition coefficient (Wildman–Crippen LogP) is -2.08. The second-order valence-electron chi connectivity index (χ2n) is 1.99. The van der Waals surface area contributed by atoms with Crippen molar-refractivity contribution in [3.8, 4) is 0 Å². The van der Waals surface area contributed by atoms with E-state index in [2.05, 4.69) is 5.32 Å². The van der Waals surface area contributed by atoms with Gasteiger partial charge in [-0.25, -0.2) is 0 Å². The molecule has 0 aromatic rings. The second-order valence-corrected chi connectivity index (χ2v) is 4.22. The Bertz CT molecular complexity index is 113. The molecule has 0 aliphatic carbocycles. The van der Waals surface area contributed by atoms with E-state index in [4.69, 9.17) is 24.8 Å². The molecule has 1 saturated heterocycles. The van der Waals surface area contributed by atoms with Gasteiger partial charge in [-0.1, -0.05) is 4.32 Å². The molecule has 1 rings (SSSR count).